The van der Waals surface area contributed by atoms with Gasteiger partial charge in [-0.05, 0) is 43.2 Å². The molecular formula is C22H25F3N2O3S2. The number of thioether (sulfide) groups is 1. The predicted octanol–water partition coefficient (Wildman–Crippen LogP) is 4.69. The Hall–Kier alpha value is -2.20. The average molecular weight is 487 g/mol. The van der Waals surface area contributed by atoms with E-state index in [1.807, 2.05) is 0 Å². The van der Waals surface area contributed by atoms with Crippen molar-refractivity contribution in [2.24, 2.45) is 0 Å². The van der Waals surface area contributed by atoms with Crippen LogP contribution < -0.4 is 9.62 Å². The van der Waals surface area contributed by atoms with Crippen LogP contribution in [0, 0.1) is 0 Å². The van der Waals surface area contributed by atoms with Gasteiger partial charge >= 0.3 is 6.18 Å². The van der Waals surface area contributed by atoms with Gasteiger partial charge in [-0.25, -0.2) is 8.42 Å². The van der Waals surface area contributed by atoms with E-state index in [1.165, 1.54) is 43.2 Å². The first kappa shape index (κ1) is 24.4. The van der Waals surface area contributed by atoms with E-state index >= 15 is 0 Å². The highest BCUT2D eigenvalue weighted by molar-refractivity contribution is 7.99. The number of carbonyl (C=O) groups excluding carboxylic acids is 1. The summed E-state index contributed by atoms with van der Waals surface area (Å²) in [5.41, 5.74) is -1.21. The number of amides is 1. The zero-order valence-electron chi connectivity index (χ0n) is 17.3. The molecule has 0 atom stereocenters. The molecule has 1 N–H and O–H groups in total. The largest absolute Gasteiger partial charge is 0.416 e. The zero-order valence-corrected chi connectivity index (χ0v) is 19.0. The number of nitrogens with one attached hydrogen (secondary N) is 1. The van der Waals surface area contributed by atoms with Crippen molar-refractivity contribution in [3.8, 4) is 0 Å². The van der Waals surface area contributed by atoms with Crippen molar-refractivity contribution < 1.29 is 26.4 Å². The third-order valence-electron chi connectivity index (χ3n) is 5.16. The maximum atomic E-state index is 13.2. The Balaban J connectivity index is 1.77. The maximum absolute atomic E-state index is 13.2. The number of rotatable bonds is 9. The van der Waals surface area contributed by atoms with Gasteiger partial charge in [0.05, 0.1) is 16.1 Å². The molecule has 1 amide bonds. The molecule has 1 aliphatic rings. The monoisotopic (exact) mass is 486 g/mol. The highest BCUT2D eigenvalue weighted by atomic mass is 32.2. The van der Waals surface area contributed by atoms with E-state index in [1.54, 1.807) is 17.8 Å². The van der Waals surface area contributed by atoms with Crippen molar-refractivity contribution in [2.75, 3.05) is 23.1 Å². The zero-order chi connectivity index (χ0) is 23.2. The molecule has 0 aliphatic heterocycles. The first-order chi connectivity index (χ1) is 15.2. The lowest BCUT2D eigenvalue weighted by Crippen LogP contribution is -2.41. The van der Waals surface area contributed by atoms with Gasteiger partial charge in [0.25, 0.3) is 10.0 Å². The van der Waals surface area contributed by atoms with E-state index in [4.69, 9.17) is 0 Å². The number of halogens is 3. The second kappa shape index (κ2) is 10.6. The molecule has 1 aliphatic carbocycles. The van der Waals surface area contributed by atoms with Crippen LogP contribution in [0.15, 0.2) is 59.5 Å². The van der Waals surface area contributed by atoms with Gasteiger partial charge in [0, 0.05) is 17.5 Å². The van der Waals surface area contributed by atoms with Crippen molar-refractivity contribution in [1.82, 2.24) is 5.32 Å². The number of carbonyl (C=O) groups is 1. The number of anilines is 1. The lowest BCUT2D eigenvalue weighted by Gasteiger charge is -2.25. The molecule has 0 bridgehead atoms. The summed E-state index contributed by atoms with van der Waals surface area (Å²) in [6.45, 7) is -0.256. The van der Waals surface area contributed by atoms with Crippen LogP contribution in [-0.4, -0.2) is 38.4 Å². The molecule has 5 nitrogen and oxygen atoms in total. The molecule has 0 aromatic heterocycles. The van der Waals surface area contributed by atoms with Crippen LogP contribution in [0.3, 0.4) is 0 Å². The lowest BCUT2D eigenvalue weighted by molar-refractivity contribution is -0.137. The summed E-state index contributed by atoms with van der Waals surface area (Å²) in [5, 5.41) is 3.28. The summed E-state index contributed by atoms with van der Waals surface area (Å²) in [7, 11) is -4.26. The van der Waals surface area contributed by atoms with E-state index in [-0.39, 0.29) is 10.6 Å². The average Bonchev–Trinajstić information content (AvgIpc) is 3.29. The van der Waals surface area contributed by atoms with Crippen molar-refractivity contribution >= 4 is 33.4 Å². The molecule has 0 heterocycles. The Morgan fingerprint density at radius 3 is 2.41 bits per heavy atom. The highest BCUT2D eigenvalue weighted by Gasteiger charge is 2.33. The van der Waals surface area contributed by atoms with Crippen LogP contribution in [0.4, 0.5) is 18.9 Å². The number of alkyl halides is 3. The number of nitrogens with zero attached hydrogens (tertiary/aromatic N) is 1. The number of hydrogen-bond donors (Lipinski definition) is 1. The second-order valence-corrected chi connectivity index (χ2v) is 10.8. The second-order valence-electron chi connectivity index (χ2n) is 7.50. The number of sulfonamides is 1. The Morgan fingerprint density at radius 2 is 1.75 bits per heavy atom. The molecule has 0 spiro atoms. The SMILES string of the molecule is O=C(CN(c1cccc(C(F)(F)F)c1)S(=O)(=O)c1ccccc1)NCCSC1CCCC1. The Kier molecular flexibility index (Phi) is 8.10. The smallest absolute Gasteiger partial charge is 0.354 e. The van der Waals surface area contributed by atoms with Crippen molar-refractivity contribution in [3.05, 3.63) is 60.2 Å². The molecule has 2 aromatic carbocycles. The molecule has 1 saturated carbocycles. The summed E-state index contributed by atoms with van der Waals surface area (Å²) in [6.07, 6.45) is 0.118. The first-order valence-corrected chi connectivity index (χ1v) is 12.8. The number of hydrogen-bond acceptors (Lipinski definition) is 4. The minimum absolute atomic E-state index is 0.109. The lowest BCUT2D eigenvalue weighted by atomic mass is 10.2. The van der Waals surface area contributed by atoms with Crippen molar-refractivity contribution in [2.45, 2.75) is 42.0 Å². The quantitative estimate of drug-likeness (QED) is 0.522. The normalized spacial score (nSPS) is 15.0. The molecule has 2 aromatic rings. The molecule has 1 fully saturated rings. The molecule has 174 valence electrons. The summed E-state index contributed by atoms with van der Waals surface area (Å²) in [5.74, 6) is 0.125. The fraction of sp³-hybridized carbons (Fsp3) is 0.409. The van der Waals surface area contributed by atoms with E-state index in [0.717, 1.165) is 35.3 Å². The minimum atomic E-state index is -4.64. The summed E-state index contributed by atoms with van der Waals surface area (Å²) in [6, 6.07) is 11.3. The third-order valence-corrected chi connectivity index (χ3v) is 8.33. The highest BCUT2D eigenvalue weighted by Crippen LogP contribution is 2.33. The van der Waals surface area contributed by atoms with Gasteiger partial charge in [-0.1, -0.05) is 37.1 Å². The van der Waals surface area contributed by atoms with E-state index in [9.17, 15) is 26.4 Å². The van der Waals surface area contributed by atoms with Crippen LogP contribution in [0.25, 0.3) is 0 Å². The van der Waals surface area contributed by atoms with Crippen LogP contribution in [0.1, 0.15) is 31.2 Å². The molecule has 0 unspecified atom stereocenters. The fourth-order valence-electron chi connectivity index (χ4n) is 3.53. The summed E-state index contributed by atoms with van der Waals surface area (Å²) < 4.78 is 66.7. The third kappa shape index (κ3) is 6.41. The van der Waals surface area contributed by atoms with Crippen LogP contribution in [0.2, 0.25) is 0 Å². The van der Waals surface area contributed by atoms with Crippen LogP contribution in [-0.2, 0) is 21.0 Å². The van der Waals surface area contributed by atoms with Gasteiger partial charge in [-0.15, -0.1) is 0 Å². The minimum Gasteiger partial charge on any atom is -0.354 e. The standard InChI is InChI=1S/C22H25F3N2O3S2/c23-22(24,25)17-7-6-8-18(15-17)27(32(29,30)20-11-2-1-3-12-20)16-21(28)26-13-14-31-19-9-4-5-10-19/h1-3,6-8,11-12,15,19H,4-5,9-10,13-14,16H2,(H,26,28). The van der Waals surface area contributed by atoms with E-state index in [0.29, 0.717) is 17.5 Å². The summed E-state index contributed by atoms with van der Waals surface area (Å²) in [4.78, 5) is 12.4. The van der Waals surface area contributed by atoms with Crippen LogP contribution in [0.5, 0.6) is 0 Å². The van der Waals surface area contributed by atoms with E-state index in [2.05, 4.69) is 5.32 Å². The van der Waals surface area contributed by atoms with Gasteiger partial charge in [0.2, 0.25) is 5.91 Å². The topological polar surface area (TPSA) is 66.5 Å². The molecule has 3 rings (SSSR count). The predicted molar refractivity (Wildman–Crippen MR) is 120 cm³/mol. The Bertz CT molecular complexity index is 1010. The van der Waals surface area contributed by atoms with Gasteiger partial charge < -0.3 is 5.32 Å². The van der Waals surface area contributed by atoms with Gasteiger partial charge in [0.15, 0.2) is 0 Å². The molecule has 0 saturated heterocycles. The maximum Gasteiger partial charge on any atom is 0.416 e. The van der Waals surface area contributed by atoms with Crippen LogP contribution >= 0.6 is 11.8 Å². The van der Waals surface area contributed by atoms with Gasteiger partial charge in [-0.2, -0.15) is 24.9 Å². The van der Waals surface area contributed by atoms with Gasteiger partial charge in [0.1, 0.15) is 6.54 Å². The molecular weight excluding hydrogens is 461 g/mol. The fourth-order valence-corrected chi connectivity index (χ4v) is 6.18. The molecule has 10 heteroatoms. The molecule has 0 radical (unpaired) electrons. The van der Waals surface area contributed by atoms with Crippen molar-refractivity contribution in [1.29, 1.82) is 0 Å². The first-order valence-electron chi connectivity index (χ1n) is 10.3. The Morgan fingerprint density at radius 1 is 1.06 bits per heavy atom. The van der Waals surface area contributed by atoms with Gasteiger partial charge in [-0.3, -0.25) is 9.10 Å². The van der Waals surface area contributed by atoms with E-state index < -0.39 is 34.2 Å². The summed E-state index contributed by atoms with van der Waals surface area (Å²) >= 11 is 1.78. The Labute approximate surface area is 190 Å². The van der Waals surface area contributed by atoms with Crippen molar-refractivity contribution in [3.63, 3.8) is 0 Å². The molecule has 32 heavy (non-hydrogen) atoms. The number of benzene rings is 2.